The van der Waals surface area contributed by atoms with Gasteiger partial charge in [0.15, 0.2) is 6.10 Å². The fourth-order valence-electron chi connectivity index (χ4n) is 1.28. The molecule has 20 heavy (non-hydrogen) atoms. The monoisotopic (exact) mass is 345 g/mol. The molecule has 1 rings (SSSR count). The van der Waals surface area contributed by atoms with E-state index in [2.05, 4.69) is 26.0 Å². The minimum atomic E-state index is -1.43. The van der Waals surface area contributed by atoms with Crippen molar-refractivity contribution >= 4 is 33.9 Å². The first-order valence-electron chi connectivity index (χ1n) is 5.61. The number of rotatable bonds is 5. The number of halogens is 2. The van der Waals surface area contributed by atoms with Crippen molar-refractivity contribution < 1.29 is 23.8 Å². The van der Waals surface area contributed by atoms with Crippen LogP contribution in [0.1, 0.15) is 5.56 Å². The molecule has 1 aromatic rings. The molecule has 0 heterocycles. The standard InChI is InChI=1S/C13H13BrFNO4/c1-20-13(19)11(17)7-16-12(18)5-2-8-6-9(14)3-4-10(8)15/h2-6,11,17H,7H2,1H3,(H,16,18)/b5-2+. The van der Waals surface area contributed by atoms with E-state index in [0.717, 1.165) is 13.2 Å². The van der Waals surface area contributed by atoms with Crippen molar-refractivity contribution in [2.75, 3.05) is 13.7 Å². The predicted molar refractivity (Wildman–Crippen MR) is 74.2 cm³/mol. The number of aliphatic hydroxyl groups excluding tert-OH is 1. The van der Waals surface area contributed by atoms with Crippen LogP contribution in [0, 0.1) is 5.82 Å². The summed E-state index contributed by atoms with van der Waals surface area (Å²) in [6, 6.07) is 4.32. The number of benzene rings is 1. The number of hydrogen-bond acceptors (Lipinski definition) is 4. The summed E-state index contributed by atoms with van der Waals surface area (Å²) in [5, 5.41) is 11.5. The number of amides is 1. The Bertz CT molecular complexity index is 533. The van der Waals surface area contributed by atoms with Crippen LogP contribution in [0.4, 0.5) is 4.39 Å². The Hall–Kier alpha value is -1.73. The predicted octanol–water partition coefficient (Wildman–Crippen LogP) is 1.25. The largest absolute Gasteiger partial charge is 0.467 e. The molecule has 0 aliphatic rings. The minimum Gasteiger partial charge on any atom is -0.467 e. The van der Waals surface area contributed by atoms with E-state index >= 15 is 0 Å². The molecule has 1 atom stereocenters. The molecule has 0 saturated heterocycles. The van der Waals surface area contributed by atoms with E-state index in [0.29, 0.717) is 4.47 Å². The lowest BCUT2D eigenvalue weighted by molar-refractivity contribution is -0.150. The Morgan fingerprint density at radius 2 is 2.25 bits per heavy atom. The summed E-state index contributed by atoms with van der Waals surface area (Å²) < 4.78 is 18.4. The van der Waals surface area contributed by atoms with Gasteiger partial charge in [0, 0.05) is 16.1 Å². The SMILES string of the molecule is COC(=O)C(O)CNC(=O)/C=C/c1cc(Br)ccc1F. The van der Waals surface area contributed by atoms with Crippen molar-refractivity contribution in [2.45, 2.75) is 6.10 Å². The summed E-state index contributed by atoms with van der Waals surface area (Å²) in [6.45, 7) is -0.281. The number of carbonyl (C=O) groups excluding carboxylic acids is 2. The maximum Gasteiger partial charge on any atom is 0.336 e. The topological polar surface area (TPSA) is 75.6 Å². The van der Waals surface area contributed by atoms with E-state index in [-0.39, 0.29) is 12.1 Å². The van der Waals surface area contributed by atoms with Gasteiger partial charge < -0.3 is 15.2 Å². The van der Waals surface area contributed by atoms with Crippen molar-refractivity contribution in [1.29, 1.82) is 0 Å². The molecule has 2 N–H and O–H groups in total. The number of carbonyl (C=O) groups is 2. The summed E-state index contributed by atoms with van der Waals surface area (Å²) in [5.74, 6) is -1.87. The molecule has 0 aliphatic heterocycles. The molecule has 7 heteroatoms. The maximum absolute atomic E-state index is 13.4. The first-order chi connectivity index (χ1) is 9.43. The van der Waals surface area contributed by atoms with Gasteiger partial charge in [-0.15, -0.1) is 0 Å². The van der Waals surface area contributed by atoms with Crippen LogP contribution in [0.15, 0.2) is 28.7 Å². The molecule has 5 nitrogen and oxygen atoms in total. The fraction of sp³-hybridized carbons (Fsp3) is 0.231. The molecule has 0 saturated carbocycles. The molecule has 108 valence electrons. The average molecular weight is 346 g/mol. The Labute approximate surface area is 123 Å². The highest BCUT2D eigenvalue weighted by molar-refractivity contribution is 9.10. The highest BCUT2D eigenvalue weighted by Gasteiger charge is 2.15. The van der Waals surface area contributed by atoms with Gasteiger partial charge >= 0.3 is 5.97 Å². The molecule has 0 radical (unpaired) electrons. The van der Waals surface area contributed by atoms with Crippen molar-refractivity contribution in [3.8, 4) is 0 Å². The molecule has 0 bridgehead atoms. The maximum atomic E-state index is 13.4. The molecule has 1 amide bonds. The number of nitrogens with one attached hydrogen (secondary N) is 1. The number of ether oxygens (including phenoxy) is 1. The molecule has 0 fully saturated rings. The van der Waals surface area contributed by atoms with E-state index in [1.54, 1.807) is 6.07 Å². The van der Waals surface area contributed by atoms with Crippen LogP contribution < -0.4 is 5.32 Å². The minimum absolute atomic E-state index is 0.239. The molecule has 0 aromatic heterocycles. The van der Waals surface area contributed by atoms with Crippen LogP contribution in [0.3, 0.4) is 0 Å². The van der Waals surface area contributed by atoms with Crippen LogP contribution in [0.25, 0.3) is 6.08 Å². The fourth-order valence-corrected chi connectivity index (χ4v) is 1.66. The van der Waals surface area contributed by atoms with Gasteiger partial charge in [0.05, 0.1) is 13.7 Å². The van der Waals surface area contributed by atoms with Gasteiger partial charge in [-0.25, -0.2) is 9.18 Å². The third-order valence-corrected chi connectivity index (χ3v) is 2.81. The Kier molecular flexibility index (Phi) is 6.33. The summed E-state index contributed by atoms with van der Waals surface area (Å²) in [4.78, 5) is 22.3. The third-order valence-electron chi connectivity index (χ3n) is 2.32. The Morgan fingerprint density at radius 3 is 2.90 bits per heavy atom. The Morgan fingerprint density at radius 1 is 1.55 bits per heavy atom. The second-order valence-electron chi connectivity index (χ2n) is 3.78. The smallest absolute Gasteiger partial charge is 0.336 e. The second kappa shape index (κ2) is 7.76. The van der Waals surface area contributed by atoms with Gasteiger partial charge in [-0.3, -0.25) is 4.79 Å². The van der Waals surface area contributed by atoms with Crippen LogP contribution in [0.2, 0.25) is 0 Å². The first kappa shape index (κ1) is 16.3. The molecule has 1 unspecified atom stereocenters. The van der Waals surface area contributed by atoms with Crippen LogP contribution >= 0.6 is 15.9 Å². The lowest BCUT2D eigenvalue weighted by atomic mass is 10.2. The first-order valence-corrected chi connectivity index (χ1v) is 6.40. The van der Waals surface area contributed by atoms with Gasteiger partial charge in [0.1, 0.15) is 5.82 Å². The molecular formula is C13H13BrFNO4. The zero-order chi connectivity index (χ0) is 15.1. The zero-order valence-electron chi connectivity index (χ0n) is 10.6. The van der Waals surface area contributed by atoms with Crippen LogP contribution in [-0.4, -0.2) is 36.7 Å². The normalized spacial score (nSPS) is 12.2. The highest BCUT2D eigenvalue weighted by atomic mass is 79.9. The number of aliphatic hydroxyl groups is 1. The second-order valence-corrected chi connectivity index (χ2v) is 4.70. The van der Waals surface area contributed by atoms with Crippen LogP contribution in [0.5, 0.6) is 0 Å². The van der Waals surface area contributed by atoms with Crippen molar-refractivity contribution in [3.05, 3.63) is 40.1 Å². The van der Waals surface area contributed by atoms with Crippen molar-refractivity contribution in [3.63, 3.8) is 0 Å². The van der Waals surface area contributed by atoms with Gasteiger partial charge in [-0.2, -0.15) is 0 Å². The van der Waals surface area contributed by atoms with Crippen molar-refractivity contribution in [1.82, 2.24) is 5.32 Å². The third kappa shape index (κ3) is 5.10. The summed E-state index contributed by atoms with van der Waals surface area (Å²) in [6.07, 6.45) is 0.967. The summed E-state index contributed by atoms with van der Waals surface area (Å²) in [7, 11) is 1.13. The van der Waals surface area contributed by atoms with Gasteiger partial charge in [-0.1, -0.05) is 15.9 Å². The average Bonchev–Trinajstić information content (AvgIpc) is 2.44. The zero-order valence-corrected chi connectivity index (χ0v) is 12.2. The Balaban J connectivity index is 2.56. The lowest BCUT2D eigenvalue weighted by Crippen LogP contribution is -2.36. The highest BCUT2D eigenvalue weighted by Crippen LogP contribution is 2.16. The van der Waals surface area contributed by atoms with Crippen molar-refractivity contribution in [2.24, 2.45) is 0 Å². The number of hydrogen-bond donors (Lipinski definition) is 2. The van der Waals surface area contributed by atoms with Gasteiger partial charge in [0.25, 0.3) is 0 Å². The van der Waals surface area contributed by atoms with E-state index in [9.17, 15) is 19.1 Å². The van der Waals surface area contributed by atoms with E-state index in [1.165, 1.54) is 18.2 Å². The summed E-state index contributed by atoms with van der Waals surface area (Å²) in [5.41, 5.74) is 0.239. The van der Waals surface area contributed by atoms with Gasteiger partial charge in [0.2, 0.25) is 5.91 Å². The number of methoxy groups -OCH3 is 1. The molecular weight excluding hydrogens is 333 g/mol. The molecule has 1 aromatic carbocycles. The van der Waals surface area contributed by atoms with Gasteiger partial charge in [-0.05, 0) is 24.3 Å². The quantitative estimate of drug-likeness (QED) is 0.622. The summed E-state index contributed by atoms with van der Waals surface area (Å²) >= 11 is 3.19. The van der Waals surface area contributed by atoms with E-state index in [1.807, 2.05) is 0 Å². The lowest BCUT2D eigenvalue weighted by Gasteiger charge is -2.08. The molecule has 0 aliphatic carbocycles. The number of esters is 1. The molecule has 0 spiro atoms. The van der Waals surface area contributed by atoms with E-state index < -0.39 is 23.8 Å². The van der Waals surface area contributed by atoms with Crippen LogP contribution in [-0.2, 0) is 14.3 Å². The van der Waals surface area contributed by atoms with E-state index in [4.69, 9.17) is 0 Å².